The summed E-state index contributed by atoms with van der Waals surface area (Å²) in [6, 6.07) is 9.34. The number of hydrogen-bond donors (Lipinski definition) is 1. The van der Waals surface area contributed by atoms with Crippen molar-refractivity contribution in [1.82, 2.24) is 24.7 Å². The van der Waals surface area contributed by atoms with Gasteiger partial charge in [-0.1, -0.05) is 28.1 Å². The maximum Gasteiger partial charge on any atom is 0.293 e. The summed E-state index contributed by atoms with van der Waals surface area (Å²) in [5.74, 6) is -0.265. The molecule has 3 rings (SSSR count). The third-order valence-corrected chi connectivity index (χ3v) is 3.97. The first kappa shape index (κ1) is 17.3. The van der Waals surface area contributed by atoms with Gasteiger partial charge in [0.25, 0.3) is 5.56 Å². The zero-order valence-electron chi connectivity index (χ0n) is 14.2. The van der Waals surface area contributed by atoms with Gasteiger partial charge >= 0.3 is 0 Å². The Morgan fingerprint density at radius 1 is 1.24 bits per heavy atom. The van der Waals surface area contributed by atoms with Gasteiger partial charge in [-0.2, -0.15) is 10.2 Å². The molecule has 0 radical (unpaired) electrons. The van der Waals surface area contributed by atoms with E-state index in [1.807, 2.05) is 45.0 Å². The average Bonchev–Trinajstić information content (AvgIpc) is 2.94. The number of nitrogens with zero attached hydrogens (tertiary/aromatic N) is 4. The maximum absolute atomic E-state index is 12.6. The lowest BCUT2D eigenvalue weighted by Crippen LogP contribution is -2.44. The third-order valence-electron chi connectivity index (χ3n) is 3.44. The summed E-state index contributed by atoms with van der Waals surface area (Å²) in [4.78, 5) is 24.6. The number of hydrogen-bond acceptors (Lipinski definition) is 4. The highest BCUT2D eigenvalue weighted by Crippen LogP contribution is 2.20. The number of rotatable bonds is 3. The van der Waals surface area contributed by atoms with Crippen molar-refractivity contribution in [3.05, 3.63) is 51.5 Å². The molecule has 0 aliphatic heterocycles. The van der Waals surface area contributed by atoms with Crippen molar-refractivity contribution in [1.29, 1.82) is 0 Å². The van der Waals surface area contributed by atoms with Crippen molar-refractivity contribution in [3.8, 4) is 11.3 Å². The molecule has 25 heavy (non-hydrogen) atoms. The van der Waals surface area contributed by atoms with Crippen molar-refractivity contribution in [2.24, 2.45) is 0 Å². The molecule has 0 unspecified atom stereocenters. The molecule has 2 aromatic heterocycles. The van der Waals surface area contributed by atoms with Gasteiger partial charge in [-0.15, -0.1) is 0 Å². The van der Waals surface area contributed by atoms with Gasteiger partial charge in [0, 0.05) is 15.6 Å². The van der Waals surface area contributed by atoms with Gasteiger partial charge in [0.2, 0.25) is 5.91 Å². The van der Waals surface area contributed by atoms with E-state index in [0.717, 1.165) is 14.7 Å². The molecule has 0 saturated carbocycles. The van der Waals surface area contributed by atoms with E-state index in [9.17, 15) is 9.59 Å². The van der Waals surface area contributed by atoms with Crippen LogP contribution in [-0.2, 0) is 11.3 Å². The molecule has 0 aliphatic rings. The fourth-order valence-corrected chi connectivity index (χ4v) is 2.67. The van der Waals surface area contributed by atoms with Gasteiger partial charge in [-0.3, -0.25) is 9.59 Å². The smallest absolute Gasteiger partial charge is 0.293 e. The first-order chi connectivity index (χ1) is 11.7. The lowest BCUT2D eigenvalue weighted by atomic mass is 10.1. The van der Waals surface area contributed by atoms with Gasteiger partial charge < -0.3 is 5.32 Å². The van der Waals surface area contributed by atoms with Crippen LogP contribution in [0, 0.1) is 0 Å². The Morgan fingerprint density at radius 2 is 1.92 bits per heavy atom. The third kappa shape index (κ3) is 3.96. The Kier molecular flexibility index (Phi) is 4.47. The second-order valence-electron chi connectivity index (χ2n) is 6.76. The van der Waals surface area contributed by atoms with Crippen LogP contribution in [0.5, 0.6) is 0 Å². The lowest BCUT2D eigenvalue weighted by molar-refractivity contribution is -0.123. The number of halogens is 1. The van der Waals surface area contributed by atoms with Gasteiger partial charge in [0.15, 0.2) is 0 Å². The number of benzene rings is 1. The van der Waals surface area contributed by atoms with E-state index < -0.39 is 0 Å². The highest BCUT2D eigenvalue weighted by Gasteiger charge is 2.16. The molecule has 1 N–H and O–H groups in total. The molecular formula is C17H18BrN5O2. The van der Waals surface area contributed by atoms with Crippen LogP contribution in [0.2, 0.25) is 0 Å². The predicted octanol–water partition coefficient (Wildman–Crippen LogP) is 2.24. The topological polar surface area (TPSA) is 81.3 Å². The molecule has 0 saturated heterocycles. The predicted molar refractivity (Wildman–Crippen MR) is 98.3 cm³/mol. The van der Waals surface area contributed by atoms with Crippen LogP contribution < -0.4 is 10.9 Å². The van der Waals surface area contributed by atoms with Gasteiger partial charge in [-0.05, 0) is 39.0 Å². The average molecular weight is 404 g/mol. The van der Waals surface area contributed by atoms with Crippen LogP contribution in [0.3, 0.4) is 0 Å². The monoisotopic (exact) mass is 403 g/mol. The Hall–Kier alpha value is -2.48. The van der Waals surface area contributed by atoms with Crippen molar-refractivity contribution in [3.63, 3.8) is 0 Å². The summed E-state index contributed by atoms with van der Waals surface area (Å²) in [7, 11) is 0. The second-order valence-corrected chi connectivity index (χ2v) is 7.67. The van der Waals surface area contributed by atoms with E-state index in [1.165, 1.54) is 10.8 Å². The van der Waals surface area contributed by atoms with E-state index in [0.29, 0.717) is 11.2 Å². The molecule has 0 atom stereocenters. The molecule has 1 aromatic carbocycles. The molecule has 0 aliphatic carbocycles. The zero-order chi connectivity index (χ0) is 18.2. The largest absolute Gasteiger partial charge is 0.350 e. The molecule has 2 heterocycles. The van der Waals surface area contributed by atoms with Gasteiger partial charge in [-0.25, -0.2) is 9.20 Å². The number of amides is 1. The van der Waals surface area contributed by atoms with Crippen LogP contribution >= 0.6 is 15.9 Å². The Labute approximate surface area is 152 Å². The summed E-state index contributed by atoms with van der Waals surface area (Å²) >= 11 is 3.39. The van der Waals surface area contributed by atoms with E-state index >= 15 is 0 Å². The number of fused-ring (bicyclic) bond motifs is 1. The van der Waals surface area contributed by atoms with Crippen molar-refractivity contribution in [2.75, 3.05) is 0 Å². The normalized spacial score (nSPS) is 11.7. The summed E-state index contributed by atoms with van der Waals surface area (Å²) in [6.45, 7) is 5.51. The second kappa shape index (κ2) is 6.44. The van der Waals surface area contributed by atoms with Crippen molar-refractivity contribution in [2.45, 2.75) is 32.9 Å². The summed E-state index contributed by atoms with van der Waals surface area (Å²) < 4.78 is 3.54. The molecular weight excluding hydrogens is 386 g/mol. The lowest BCUT2D eigenvalue weighted by Gasteiger charge is -2.20. The molecule has 7 nitrogen and oxygen atoms in total. The number of carbonyl (C=O) groups excluding carboxylic acids is 1. The van der Waals surface area contributed by atoms with Crippen molar-refractivity contribution < 1.29 is 4.79 Å². The highest BCUT2D eigenvalue weighted by atomic mass is 79.9. The maximum atomic E-state index is 12.6. The summed E-state index contributed by atoms with van der Waals surface area (Å²) in [5.41, 5.74) is 1.21. The Morgan fingerprint density at radius 3 is 2.56 bits per heavy atom. The number of aromatic nitrogens is 4. The molecule has 0 fully saturated rings. The summed E-state index contributed by atoms with van der Waals surface area (Å²) in [5, 5.41) is 11.2. The van der Waals surface area contributed by atoms with Crippen LogP contribution in [0.25, 0.3) is 16.8 Å². The molecule has 8 heteroatoms. The van der Waals surface area contributed by atoms with E-state index in [2.05, 4.69) is 31.4 Å². The molecule has 3 aromatic rings. The summed E-state index contributed by atoms with van der Waals surface area (Å²) in [6.07, 6.45) is 1.43. The highest BCUT2D eigenvalue weighted by molar-refractivity contribution is 9.10. The SMILES string of the molecule is CC(C)(C)NC(=O)Cn1ncn2nc(-c3ccc(Br)cc3)cc2c1=O. The number of carbonyl (C=O) groups is 1. The first-order valence-electron chi connectivity index (χ1n) is 7.75. The molecule has 1 amide bonds. The standard InChI is InChI=1S/C17H18BrN5O2/c1-17(2,3)20-15(24)9-22-16(25)14-8-13(21-23(14)10-19-22)11-4-6-12(18)7-5-11/h4-8,10H,9H2,1-3H3,(H,20,24). The minimum atomic E-state index is -0.365. The minimum absolute atomic E-state index is 0.134. The quantitative estimate of drug-likeness (QED) is 0.726. The van der Waals surface area contributed by atoms with Crippen LogP contribution in [0.15, 0.2) is 45.9 Å². The van der Waals surface area contributed by atoms with Gasteiger partial charge in [0.05, 0.1) is 5.69 Å². The zero-order valence-corrected chi connectivity index (χ0v) is 15.7. The fourth-order valence-electron chi connectivity index (χ4n) is 2.41. The van der Waals surface area contributed by atoms with Crippen LogP contribution in [-0.4, -0.2) is 30.8 Å². The Bertz CT molecular complexity index is 983. The fraction of sp³-hybridized carbons (Fsp3) is 0.294. The molecule has 0 bridgehead atoms. The van der Waals surface area contributed by atoms with Crippen molar-refractivity contribution >= 4 is 27.4 Å². The van der Waals surface area contributed by atoms with E-state index in [4.69, 9.17) is 0 Å². The van der Waals surface area contributed by atoms with Crippen LogP contribution in [0.4, 0.5) is 0 Å². The van der Waals surface area contributed by atoms with Gasteiger partial charge in [0.1, 0.15) is 18.4 Å². The first-order valence-corrected chi connectivity index (χ1v) is 8.55. The molecule has 130 valence electrons. The van der Waals surface area contributed by atoms with E-state index in [1.54, 1.807) is 6.07 Å². The van der Waals surface area contributed by atoms with E-state index in [-0.39, 0.29) is 23.6 Å². The van der Waals surface area contributed by atoms with Crippen LogP contribution in [0.1, 0.15) is 20.8 Å². The Balaban J connectivity index is 1.93. The minimum Gasteiger partial charge on any atom is -0.350 e. The number of nitrogens with one attached hydrogen (secondary N) is 1. The molecule has 0 spiro atoms.